The Kier molecular flexibility index (Phi) is 2.74. The maximum Gasteiger partial charge on any atom is 0.360 e. The number of carbonyl (C=O) groups excluding carboxylic acids is 1. The molecule has 0 saturated heterocycles. The number of nitrogens with one attached hydrogen (secondary N) is 1. The van der Waals surface area contributed by atoms with Crippen LogP contribution < -0.4 is 0 Å². The summed E-state index contributed by atoms with van der Waals surface area (Å²) >= 11 is 1.66. The lowest BCUT2D eigenvalue weighted by Gasteiger charge is -1.97. The van der Waals surface area contributed by atoms with Gasteiger partial charge in [-0.05, 0) is 19.9 Å². The summed E-state index contributed by atoms with van der Waals surface area (Å²) in [5.74, 6) is -0.480. The van der Waals surface area contributed by atoms with E-state index in [4.69, 9.17) is 0 Å². The van der Waals surface area contributed by atoms with Crippen molar-refractivity contribution >= 4 is 17.3 Å². The summed E-state index contributed by atoms with van der Waals surface area (Å²) < 4.78 is 4.65. The third-order valence-electron chi connectivity index (χ3n) is 2.22. The Labute approximate surface area is 96.4 Å². The number of esters is 1. The molecule has 0 unspecified atom stereocenters. The first kappa shape index (κ1) is 10.8. The molecule has 16 heavy (non-hydrogen) atoms. The van der Waals surface area contributed by atoms with Gasteiger partial charge in [0.1, 0.15) is 5.69 Å². The van der Waals surface area contributed by atoms with E-state index in [-0.39, 0.29) is 5.69 Å². The van der Waals surface area contributed by atoms with Gasteiger partial charge in [0.2, 0.25) is 0 Å². The number of nitrogens with zero attached hydrogens (tertiary/aromatic N) is 2. The maximum absolute atomic E-state index is 11.4. The molecule has 0 saturated carbocycles. The Hall–Kier alpha value is -1.69. The van der Waals surface area contributed by atoms with Crippen LogP contribution in [0, 0.1) is 13.8 Å². The van der Waals surface area contributed by atoms with Gasteiger partial charge in [-0.25, -0.2) is 4.79 Å². The van der Waals surface area contributed by atoms with E-state index in [2.05, 4.69) is 20.1 Å². The lowest BCUT2D eigenvalue weighted by molar-refractivity contribution is 0.0595. The van der Waals surface area contributed by atoms with Gasteiger partial charge in [0.15, 0.2) is 5.69 Å². The van der Waals surface area contributed by atoms with Crippen molar-refractivity contribution in [1.82, 2.24) is 15.4 Å². The van der Waals surface area contributed by atoms with Crippen molar-refractivity contribution in [2.24, 2.45) is 0 Å². The summed E-state index contributed by atoms with van der Waals surface area (Å²) in [6, 6.07) is 1.99. The fourth-order valence-electron chi connectivity index (χ4n) is 1.52. The lowest BCUT2D eigenvalue weighted by Crippen LogP contribution is -2.03. The molecule has 84 valence electrons. The number of aryl methyl sites for hydroxylation is 2. The van der Waals surface area contributed by atoms with E-state index in [0.717, 1.165) is 10.4 Å². The molecular weight excluding hydrogens is 226 g/mol. The summed E-state index contributed by atoms with van der Waals surface area (Å²) in [6.07, 6.45) is 0. The Morgan fingerprint density at radius 3 is 2.75 bits per heavy atom. The smallest absolute Gasteiger partial charge is 0.360 e. The molecule has 0 aliphatic carbocycles. The highest BCUT2D eigenvalue weighted by Crippen LogP contribution is 2.30. The molecule has 5 nitrogen and oxygen atoms in total. The number of methoxy groups -OCH3 is 1. The van der Waals surface area contributed by atoms with Gasteiger partial charge in [-0.2, -0.15) is 10.3 Å². The van der Waals surface area contributed by atoms with Crippen LogP contribution in [-0.4, -0.2) is 28.5 Å². The molecule has 2 aromatic heterocycles. The number of hydrogen-bond acceptors (Lipinski definition) is 5. The minimum absolute atomic E-state index is 0.225. The highest BCUT2D eigenvalue weighted by molar-refractivity contribution is 7.12. The van der Waals surface area contributed by atoms with E-state index >= 15 is 0 Å². The summed E-state index contributed by atoms with van der Waals surface area (Å²) in [5.41, 5.74) is 1.70. The topological polar surface area (TPSA) is 67.9 Å². The van der Waals surface area contributed by atoms with Gasteiger partial charge in [-0.1, -0.05) is 0 Å². The molecule has 0 radical (unpaired) electrons. The molecule has 0 aliphatic heterocycles. The highest BCUT2D eigenvalue weighted by Gasteiger charge is 2.20. The van der Waals surface area contributed by atoms with Crippen molar-refractivity contribution in [3.63, 3.8) is 0 Å². The predicted octanol–water partition coefficient (Wildman–Crippen LogP) is 1.94. The molecule has 0 spiro atoms. The number of H-pyrrole nitrogens is 1. The Morgan fingerprint density at radius 2 is 2.19 bits per heavy atom. The Bertz CT molecular complexity index is 530. The van der Waals surface area contributed by atoms with Crippen LogP contribution in [0.1, 0.15) is 20.2 Å². The normalized spacial score (nSPS) is 10.4. The zero-order chi connectivity index (χ0) is 11.7. The molecule has 0 aromatic carbocycles. The molecule has 0 fully saturated rings. The minimum Gasteiger partial charge on any atom is -0.464 e. The molecule has 2 heterocycles. The Morgan fingerprint density at radius 1 is 1.44 bits per heavy atom. The second-order valence-corrected chi connectivity index (χ2v) is 4.80. The first-order valence-electron chi connectivity index (χ1n) is 4.70. The number of ether oxygens (including phenoxy) is 1. The number of thiophene rings is 1. The van der Waals surface area contributed by atoms with Crippen molar-refractivity contribution in [3.05, 3.63) is 21.5 Å². The van der Waals surface area contributed by atoms with Crippen LogP contribution >= 0.6 is 11.3 Å². The van der Waals surface area contributed by atoms with Crippen molar-refractivity contribution in [3.8, 4) is 11.3 Å². The number of rotatable bonds is 2. The maximum atomic E-state index is 11.4. The molecule has 0 bridgehead atoms. The van der Waals surface area contributed by atoms with E-state index < -0.39 is 5.97 Å². The zero-order valence-electron chi connectivity index (χ0n) is 9.20. The average Bonchev–Trinajstić information content (AvgIpc) is 2.83. The molecule has 2 aromatic rings. The second-order valence-electron chi connectivity index (χ2n) is 3.34. The van der Waals surface area contributed by atoms with Gasteiger partial charge < -0.3 is 4.74 Å². The van der Waals surface area contributed by atoms with Crippen LogP contribution in [0.3, 0.4) is 0 Å². The molecular formula is C10H11N3O2S. The fourth-order valence-corrected chi connectivity index (χ4v) is 2.45. The van der Waals surface area contributed by atoms with E-state index in [1.54, 1.807) is 11.3 Å². The summed E-state index contributed by atoms with van der Waals surface area (Å²) in [5, 5.41) is 10.3. The van der Waals surface area contributed by atoms with Crippen LogP contribution in [0.5, 0.6) is 0 Å². The molecule has 2 rings (SSSR count). The monoisotopic (exact) mass is 237 g/mol. The number of aromatic nitrogens is 3. The number of carbonyl (C=O) groups is 1. The zero-order valence-corrected chi connectivity index (χ0v) is 10.0. The Balaban J connectivity index is 2.52. The quantitative estimate of drug-likeness (QED) is 0.810. The minimum atomic E-state index is -0.480. The van der Waals surface area contributed by atoms with Gasteiger partial charge in [-0.3, -0.25) is 0 Å². The van der Waals surface area contributed by atoms with Gasteiger partial charge in [0, 0.05) is 15.3 Å². The van der Waals surface area contributed by atoms with E-state index in [1.165, 1.54) is 12.0 Å². The molecule has 6 heteroatoms. The van der Waals surface area contributed by atoms with E-state index in [0.29, 0.717) is 5.69 Å². The lowest BCUT2D eigenvalue weighted by atomic mass is 10.1. The van der Waals surface area contributed by atoms with Crippen molar-refractivity contribution < 1.29 is 9.53 Å². The summed E-state index contributed by atoms with van der Waals surface area (Å²) in [7, 11) is 1.33. The van der Waals surface area contributed by atoms with Gasteiger partial charge in [-0.15, -0.1) is 16.4 Å². The molecule has 0 atom stereocenters. The summed E-state index contributed by atoms with van der Waals surface area (Å²) in [4.78, 5) is 13.7. The molecule has 1 N–H and O–H groups in total. The van der Waals surface area contributed by atoms with Crippen LogP contribution in [0.4, 0.5) is 0 Å². The van der Waals surface area contributed by atoms with Gasteiger partial charge >= 0.3 is 5.97 Å². The molecule has 0 amide bonds. The highest BCUT2D eigenvalue weighted by atomic mass is 32.1. The molecule has 0 aliphatic rings. The van der Waals surface area contributed by atoms with Gasteiger partial charge in [0.05, 0.1) is 7.11 Å². The fraction of sp³-hybridized carbons (Fsp3) is 0.300. The average molecular weight is 237 g/mol. The third kappa shape index (κ3) is 1.71. The number of hydrogen-bond donors (Lipinski definition) is 1. The SMILES string of the molecule is COC(=O)c1n[nH]nc1-c1cc(C)sc1C. The van der Waals surface area contributed by atoms with E-state index in [1.807, 2.05) is 19.9 Å². The van der Waals surface area contributed by atoms with Crippen molar-refractivity contribution in [1.29, 1.82) is 0 Å². The second kappa shape index (κ2) is 4.05. The first-order valence-corrected chi connectivity index (χ1v) is 5.51. The van der Waals surface area contributed by atoms with Gasteiger partial charge in [0.25, 0.3) is 0 Å². The number of aromatic amines is 1. The van der Waals surface area contributed by atoms with Crippen molar-refractivity contribution in [2.45, 2.75) is 13.8 Å². The largest absolute Gasteiger partial charge is 0.464 e. The van der Waals surface area contributed by atoms with Crippen LogP contribution in [0.15, 0.2) is 6.07 Å². The van der Waals surface area contributed by atoms with Crippen LogP contribution in [-0.2, 0) is 4.74 Å². The summed E-state index contributed by atoms with van der Waals surface area (Å²) in [6.45, 7) is 4.00. The van der Waals surface area contributed by atoms with Crippen LogP contribution in [0.2, 0.25) is 0 Å². The van der Waals surface area contributed by atoms with Crippen LogP contribution in [0.25, 0.3) is 11.3 Å². The standard InChI is InChI=1S/C10H11N3O2S/c1-5-4-7(6(2)16-5)8-9(10(14)15-3)12-13-11-8/h4H,1-3H3,(H,11,12,13). The first-order chi connectivity index (χ1) is 7.63. The van der Waals surface area contributed by atoms with E-state index in [9.17, 15) is 4.79 Å². The van der Waals surface area contributed by atoms with Crippen molar-refractivity contribution in [2.75, 3.05) is 7.11 Å². The predicted molar refractivity (Wildman–Crippen MR) is 60.5 cm³/mol. The third-order valence-corrected chi connectivity index (χ3v) is 3.19.